The Balaban J connectivity index is 1.84. The number of ether oxygens (including phenoxy) is 2. The highest BCUT2D eigenvalue weighted by Gasteiger charge is 2.35. The fourth-order valence-corrected chi connectivity index (χ4v) is 3.13. The number of fused-ring (bicyclic) bond motifs is 1. The van der Waals surface area contributed by atoms with E-state index in [4.69, 9.17) is 21.1 Å². The lowest BCUT2D eigenvalue weighted by atomic mass is 9.91. The van der Waals surface area contributed by atoms with Gasteiger partial charge in [0.05, 0.1) is 31.8 Å². The van der Waals surface area contributed by atoms with E-state index < -0.39 is 0 Å². The van der Waals surface area contributed by atoms with E-state index in [2.05, 4.69) is 0 Å². The summed E-state index contributed by atoms with van der Waals surface area (Å²) in [4.78, 5) is 14.7. The first-order chi connectivity index (χ1) is 9.81. The van der Waals surface area contributed by atoms with Crippen LogP contribution in [0.4, 0.5) is 0 Å². The number of morpholine rings is 1. The second-order valence-electron chi connectivity index (χ2n) is 5.14. The molecule has 0 saturated carbocycles. The molecule has 2 atom stereocenters. The van der Waals surface area contributed by atoms with Crippen LogP contribution in [0, 0.1) is 0 Å². The molecule has 108 valence electrons. The van der Waals surface area contributed by atoms with E-state index in [0.29, 0.717) is 32.2 Å². The summed E-state index contributed by atoms with van der Waals surface area (Å²) < 4.78 is 11.0. The van der Waals surface area contributed by atoms with Crippen molar-refractivity contribution in [2.75, 3.05) is 32.2 Å². The second-order valence-corrected chi connectivity index (χ2v) is 5.45. The number of hydrogen-bond acceptors (Lipinski definition) is 3. The Hall–Kier alpha value is -1.26. The van der Waals surface area contributed by atoms with Gasteiger partial charge in [0.1, 0.15) is 5.75 Å². The SMILES string of the molecule is O=C(C1CCOc2ccccc21)N1CCOCC1CCl. The van der Waals surface area contributed by atoms with Gasteiger partial charge in [0.15, 0.2) is 0 Å². The van der Waals surface area contributed by atoms with Crippen LogP contribution in [0.1, 0.15) is 17.9 Å². The summed E-state index contributed by atoms with van der Waals surface area (Å²) in [5.41, 5.74) is 0.989. The average molecular weight is 296 g/mol. The van der Waals surface area contributed by atoms with E-state index in [9.17, 15) is 4.79 Å². The number of amides is 1. The van der Waals surface area contributed by atoms with Crippen molar-refractivity contribution in [1.29, 1.82) is 0 Å². The number of nitrogens with zero attached hydrogens (tertiary/aromatic N) is 1. The summed E-state index contributed by atoms with van der Waals surface area (Å²) in [6, 6.07) is 7.77. The Morgan fingerprint density at radius 2 is 2.20 bits per heavy atom. The molecule has 0 aromatic heterocycles. The molecule has 0 spiro atoms. The summed E-state index contributed by atoms with van der Waals surface area (Å²) in [6.07, 6.45) is 0.724. The summed E-state index contributed by atoms with van der Waals surface area (Å²) in [5.74, 6) is 1.27. The van der Waals surface area contributed by atoms with Crippen LogP contribution in [0.2, 0.25) is 0 Å². The molecule has 3 rings (SSSR count). The molecule has 20 heavy (non-hydrogen) atoms. The van der Waals surface area contributed by atoms with Gasteiger partial charge in [0.25, 0.3) is 0 Å². The van der Waals surface area contributed by atoms with Crippen LogP contribution >= 0.6 is 11.6 Å². The van der Waals surface area contributed by atoms with Crippen molar-refractivity contribution in [2.45, 2.75) is 18.4 Å². The molecule has 1 amide bonds. The molecule has 2 aliphatic rings. The maximum atomic E-state index is 12.8. The van der Waals surface area contributed by atoms with Crippen molar-refractivity contribution in [3.8, 4) is 5.75 Å². The number of carbonyl (C=O) groups is 1. The fourth-order valence-electron chi connectivity index (χ4n) is 2.87. The minimum absolute atomic E-state index is 0.0204. The van der Waals surface area contributed by atoms with Gasteiger partial charge < -0.3 is 14.4 Å². The lowest BCUT2D eigenvalue weighted by Gasteiger charge is -2.38. The highest BCUT2D eigenvalue weighted by atomic mass is 35.5. The van der Waals surface area contributed by atoms with Crippen LogP contribution in [0.3, 0.4) is 0 Å². The van der Waals surface area contributed by atoms with Gasteiger partial charge in [-0.3, -0.25) is 4.79 Å². The molecule has 2 aliphatic heterocycles. The highest BCUT2D eigenvalue weighted by molar-refractivity contribution is 6.18. The molecule has 2 heterocycles. The Kier molecular flexibility index (Phi) is 4.13. The van der Waals surface area contributed by atoms with Gasteiger partial charge in [0.2, 0.25) is 5.91 Å². The van der Waals surface area contributed by atoms with Gasteiger partial charge in [-0.05, 0) is 12.5 Å². The first kappa shape index (κ1) is 13.7. The van der Waals surface area contributed by atoms with E-state index in [-0.39, 0.29) is 17.9 Å². The summed E-state index contributed by atoms with van der Waals surface area (Å²) in [7, 11) is 0. The Labute approximate surface area is 123 Å². The fraction of sp³-hybridized carbons (Fsp3) is 0.533. The van der Waals surface area contributed by atoms with Crippen molar-refractivity contribution in [3.63, 3.8) is 0 Å². The van der Waals surface area contributed by atoms with E-state index in [1.165, 1.54) is 0 Å². The number of hydrogen-bond donors (Lipinski definition) is 0. The number of rotatable bonds is 2. The third kappa shape index (κ3) is 2.50. The van der Waals surface area contributed by atoms with Crippen molar-refractivity contribution >= 4 is 17.5 Å². The standard InChI is InChI=1S/C15H18ClNO3/c16-9-11-10-19-8-6-17(11)15(18)13-5-7-20-14-4-2-1-3-12(13)14/h1-4,11,13H,5-10H2. The monoisotopic (exact) mass is 295 g/mol. The Morgan fingerprint density at radius 3 is 3.05 bits per heavy atom. The molecule has 0 aliphatic carbocycles. The third-order valence-corrected chi connectivity index (χ3v) is 4.30. The van der Waals surface area contributed by atoms with Crippen LogP contribution in [-0.4, -0.2) is 49.1 Å². The third-order valence-electron chi connectivity index (χ3n) is 3.95. The normalized spacial score (nSPS) is 25.8. The first-order valence-corrected chi connectivity index (χ1v) is 7.50. The van der Waals surface area contributed by atoms with Crippen molar-refractivity contribution in [1.82, 2.24) is 4.90 Å². The molecule has 0 bridgehead atoms. The zero-order chi connectivity index (χ0) is 13.9. The maximum Gasteiger partial charge on any atom is 0.230 e. The number of halogens is 1. The predicted octanol–water partition coefficient (Wildman–Crippen LogP) is 2.02. The largest absolute Gasteiger partial charge is 0.493 e. The molecule has 2 unspecified atom stereocenters. The van der Waals surface area contributed by atoms with Crippen molar-refractivity contribution in [3.05, 3.63) is 29.8 Å². The molecule has 1 saturated heterocycles. The van der Waals surface area contributed by atoms with Crippen LogP contribution < -0.4 is 4.74 Å². The number of para-hydroxylation sites is 1. The van der Waals surface area contributed by atoms with E-state index in [1.54, 1.807) is 0 Å². The zero-order valence-electron chi connectivity index (χ0n) is 11.3. The molecule has 0 radical (unpaired) electrons. The smallest absolute Gasteiger partial charge is 0.230 e. The average Bonchev–Trinajstić information content (AvgIpc) is 2.53. The van der Waals surface area contributed by atoms with E-state index in [0.717, 1.165) is 17.7 Å². The molecule has 5 heteroatoms. The first-order valence-electron chi connectivity index (χ1n) is 6.97. The summed E-state index contributed by atoms with van der Waals surface area (Å²) in [6.45, 7) is 2.32. The number of carbonyl (C=O) groups excluding carboxylic acids is 1. The molecular weight excluding hydrogens is 278 g/mol. The van der Waals surface area contributed by atoms with Crippen molar-refractivity contribution in [2.24, 2.45) is 0 Å². The van der Waals surface area contributed by atoms with Gasteiger partial charge in [0, 0.05) is 18.0 Å². The molecular formula is C15H18ClNO3. The molecule has 1 aromatic carbocycles. The zero-order valence-corrected chi connectivity index (χ0v) is 12.0. The quantitative estimate of drug-likeness (QED) is 0.784. The maximum absolute atomic E-state index is 12.8. The second kappa shape index (κ2) is 6.02. The van der Waals surface area contributed by atoms with Crippen LogP contribution in [0.25, 0.3) is 0 Å². The van der Waals surface area contributed by atoms with Gasteiger partial charge in [-0.1, -0.05) is 18.2 Å². The minimum atomic E-state index is -0.122. The molecule has 4 nitrogen and oxygen atoms in total. The molecule has 0 N–H and O–H groups in total. The lowest BCUT2D eigenvalue weighted by molar-refractivity contribution is -0.141. The predicted molar refractivity (Wildman–Crippen MR) is 76.3 cm³/mol. The van der Waals surface area contributed by atoms with Gasteiger partial charge in [-0.25, -0.2) is 0 Å². The van der Waals surface area contributed by atoms with Gasteiger partial charge >= 0.3 is 0 Å². The van der Waals surface area contributed by atoms with Crippen LogP contribution in [0.15, 0.2) is 24.3 Å². The van der Waals surface area contributed by atoms with E-state index in [1.807, 2.05) is 29.2 Å². The van der Waals surface area contributed by atoms with Gasteiger partial charge in [-0.15, -0.1) is 11.6 Å². The number of benzene rings is 1. The highest BCUT2D eigenvalue weighted by Crippen LogP contribution is 2.35. The van der Waals surface area contributed by atoms with Crippen LogP contribution in [0.5, 0.6) is 5.75 Å². The number of alkyl halides is 1. The van der Waals surface area contributed by atoms with E-state index >= 15 is 0 Å². The Bertz CT molecular complexity index is 494. The van der Waals surface area contributed by atoms with Crippen molar-refractivity contribution < 1.29 is 14.3 Å². The van der Waals surface area contributed by atoms with Crippen LogP contribution in [-0.2, 0) is 9.53 Å². The van der Waals surface area contributed by atoms with Gasteiger partial charge in [-0.2, -0.15) is 0 Å². The Morgan fingerprint density at radius 1 is 1.35 bits per heavy atom. The summed E-state index contributed by atoms with van der Waals surface area (Å²) >= 11 is 5.96. The lowest BCUT2D eigenvalue weighted by Crippen LogP contribution is -2.51. The molecule has 1 fully saturated rings. The summed E-state index contributed by atoms with van der Waals surface area (Å²) in [5, 5.41) is 0. The topological polar surface area (TPSA) is 38.8 Å². The minimum Gasteiger partial charge on any atom is -0.493 e. The molecule has 1 aromatic rings.